The molecule has 2 rings (SSSR count). The van der Waals surface area contributed by atoms with Crippen LogP contribution in [-0.4, -0.2) is 35.9 Å². The van der Waals surface area contributed by atoms with Crippen molar-refractivity contribution in [1.29, 1.82) is 0 Å². The van der Waals surface area contributed by atoms with Gasteiger partial charge in [-0.15, -0.1) is 5.10 Å². The molecular weight excluding hydrogens is 194 g/mol. The van der Waals surface area contributed by atoms with E-state index < -0.39 is 0 Å². The molecule has 1 aliphatic heterocycles. The summed E-state index contributed by atoms with van der Waals surface area (Å²) in [4.78, 5) is 13.4. The normalized spacial score (nSPS) is 20.3. The highest BCUT2D eigenvalue weighted by Crippen LogP contribution is 2.23. The Labute approximate surface area is 88.1 Å². The molecule has 1 aromatic heterocycles. The summed E-state index contributed by atoms with van der Waals surface area (Å²) < 4.78 is 4.76. The zero-order chi connectivity index (χ0) is 10.7. The second kappa shape index (κ2) is 4.25. The lowest BCUT2D eigenvalue weighted by Crippen LogP contribution is -2.37. The molecule has 0 N–H and O–H groups in total. The van der Waals surface area contributed by atoms with Gasteiger partial charge < -0.3 is 9.64 Å². The molecule has 0 radical (unpaired) electrons. The third kappa shape index (κ3) is 1.91. The summed E-state index contributed by atoms with van der Waals surface area (Å²) in [5.74, 6) is 0.545. The summed E-state index contributed by atoms with van der Waals surface area (Å²) in [6.45, 7) is 0.832. The van der Waals surface area contributed by atoms with Crippen LogP contribution >= 0.6 is 0 Å². The predicted molar refractivity (Wildman–Crippen MR) is 54.4 cm³/mol. The van der Waals surface area contributed by atoms with E-state index in [0.29, 0.717) is 0 Å². The van der Waals surface area contributed by atoms with Crippen molar-refractivity contribution >= 4 is 11.8 Å². The molecule has 5 nitrogen and oxygen atoms in total. The lowest BCUT2D eigenvalue weighted by molar-refractivity contribution is -0.141. The molecule has 5 heteroatoms. The van der Waals surface area contributed by atoms with Gasteiger partial charge >= 0.3 is 5.97 Å². The van der Waals surface area contributed by atoms with E-state index in [2.05, 4.69) is 10.2 Å². The smallest absolute Gasteiger partial charge is 0.328 e. The van der Waals surface area contributed by atoms with Crippen molar-refractivity contribution in [2.24, 2.45) is 0 Å². The molecule has 0 spiro atoms. The maximum atomic E-state index is 11.5. The maximum absolute atomic E-state index is 11.5. The largest absolute Gasteiger partial charge is 0.467 e. The average molecular weight is 207 g/mol. The van der Waals surface area contributed by atoms with Crippen LogP contribution in [0.2, 0.25) is 0 Å². The number of hydrogen-bond donors (Lipinski definition) is 0. The summed E-state index contributed by atoms with van der Waals surface area (Å²) in [6.07, 6.45) is 3.42. The minimum Gasteiger partial charge on any atom is -0.467 e. The first-order valence-corrected chi connectivity index (χ1v) is 4.95. The fourth-order valence-electron chi connectivity index (χ4n) is 1.87. The van der Waals surface area contributed by atoms with Gasteiger partial charge in [0.15, 0.2) is 5.82 Å². The fourth-order valence-corrected chi connectivity index (χ4v) is 1.87. The third-order valence-electron chi connectivity index (χ3n) is 2.58. The monoisotopic (exact) mass is 207 g/mol. The van der Waals surface area contributed by atoms with Gasteiger partial charge in [-0.2, -0.15) is 5.10 Å². The molecule has 0 bridgehead atoms. The van der Waals surface area contributed by atoms with Crippen molar-refractivity contribution in [2.75, 3.05) is 18.6 Å². The van der Waals surface area contributed by atoms with E-state index in [-0.39, 0.29) is 12.0 Å². The molecule has 0 amide bonds. The first-order valence-electron chi connectivity index (χ1n) is 4.95. The number of nitrogens with zero attached hydrogens (tertiary/aromatic N) is 3. The lowest BCUT2D eigenvalue weighted by atomic mass is 10.2. The molecule has 0 saturated carbocycles. The van der Waals surface area contributed by atoms with Crippen LogP contribution in [0.25, 0.3) is 0 Å². The standard InChI is InChI=1S/C10H13N3O2/c1-15-10(14)8-4-3-7-13(8)9-5-2-6-11-12-9/h2,5-6,8H,3-4,7H2,1H3. The Bertz CT molecular complexity index is 342. The number of carbonyl (C=O) groups is 1. The van der Waals surface area contributed by atoms with Crippen LogP contribution < -0.4 is 4.90 Å². The van der Waals surface area contributed by atoms with E-state index in [1.165, 1.54) is 7.11 Å². The van der Waals surface area contributed by atoms with Crippen molar-refractivity contribution in [2.45, 2.75) is 18.9 Å². The predicted octanol–water partition coefficient (Wildman–Crippen LogP) is 0.618. The Morgan fingerprint density at radius 1 is 1.67 bits per heavy atom. The molecule has 1 saturated heterocycles. The molecular formula is C10H13N3O2. The number of ether oxygens (including phenoxy) is 1. The van der Waals surface area contributed by atoms with Crippen LogP contribution in [0.3, 0.4) is 0 Å². The van der Waals surface area contributed by atoms with Crippen LogP contribution in [0.4, 0.5) is 5.82 Å². The molecule has 1 fully saturated rings. The van der Waals surface area contributed by atoms with E-state index in [0.717, 1.165) is 25.2 Å². The van der Waals surface area contributed by atoms with Crippen molar-refractivity contribution in [3.8, 4) is 0 Å². The Morgan fingerprint density at radius 2 is 2.53 bits per heavy atom. The van der Waals surface area contributed by atoms with Crippen LogP contribution in [0.5, 0.6) is 0 Å². The molecule has 15 heavy (non-hydrogen) atoms. The van der Waals surface area contributed by atoms with Crippen molar-refractivity contribution in [1.82, 2.24) is 10.2 Å². The maximum Gasteiger partial charge on any atom is 0.328 e. The zero-order valence-corrected chi connectivity index (χ0v) is 8.59. The number of rotatable bonds is 2. The SMILES string of the molecule is COC(=O)C1CCCN1c1cccnn1. The van der Waals surface area contributed by atoms with Gasteiger partial charge in [-0.3, -0.25) is 0 Å². The zero-order valence-electron chi connectivity index (χ0n) is 8.59. The molecule has 1 unspecified atom stereocenters. The van der Waals surface area contributed by atoms with Crippen LogP contribution in [0.1, 0.15) is 12.8 Å². The highest BCUT2D eigenvalue weighted by molar-refractivity contribution is 5.80. The van der Waals surface area contributed by atoms with E-state index in [4.69, 9.17) is 4.74 Å². The van der Waals surface area contributed by atoms with Gasteiger partial charge in [0.2, 0.25) is 0 Å². The van der Waals surface area contributed by atoms with Gasteiger partial charge in [-0.1, -0.05) is 0 Å². The molecule has 2 heterocycles. The Balaban J connectivity index is 2.18. The second-order valence-corrected chi connectivity index (χ2v) is 3.46. The summed E-state index contributed by atoms with van der Waals surface area (Å²) in [5, 5.41) is 7.80. The van der Waals surface area contributed by atoms with Crippen molar-refractivity contribution in [3.63, 3.8) is 0 Å². The van der Waals surface area contributed by atoms with E-state index >= 15 is 0 Å². The van der Waals surface area contributed by atoms with Crippen LogP contribution in [0, 0.1) is 0 Å². The lowest BCUT2D eigenvalue weighted by Gasteiger charge is -2.22. The van der Waals surface area contributed by atoms with Crippen molar-refractivity contribution < 1.29 is 9.53 Å². The van der Waals surface area contributed by atoms with Gasteiger partial charge in [0, 0.05) is 12.7 Å². The van der Waals surface area contributed by atoms with Gasteiger partial charge in [0.05, 0.1) is 7.11 Å². The van der Waals surface area contributed by atoms with Crippen LogP contribution in [0.15, 0.2) is 18.3 Å². The average Bonchev–Trinajstić information content (AvgIpc) is 2.78. The molecule has 0 aromatic carbocycles. The quantitative estimate of drug-likeness (QED) is 0.665. The number of esters is 1. The minimum atomic E-state index is -0.202. The van der Waals surface area contributed by atoms with Gasteiger partial charge in [-0.25, -0.2) is 4.79 Å². The molecule has 1 aliphatic rings. The van der Waals surface area contributed by atoms with Gasteiger partial charge in [-0.05, 0) is 25.0 Å². The van der Waals surface area contributed by atoms with Gasteiger partial charge in [0.25, 0.3) is 0 Å². The third-order valence-corrected chi connectivity index (χ3v) is 2.58. The first-order chi connectivity index (χ1) is 7.33. The summed E-state index contributed by atoms with van der Waals surface area (Å²) in [7, 11) is 1.41. The molecule has 80 valence electrons. The van der Waals surface area contributed by atoms with E-state index in [9.17, 15) is 4.79 Å². The Kier molecular flexibility index (Phi) is 2.80. The minimum absolute atomic E-state index is 0.196. The second-order valence-electron chi connectivity index (χ2n) is 3.46. The highest BCUT2D eigenvalue weighted by atomic mass is 16.5. The first kappa shape index (κ1) is 9.89. The number of hydrogen-bond acceptors (Lipinski definition) is 5. The summed E-state index contributed by atoms with van der Waals surface area (Å²) in [6, 6.07) is 3.47. The van der Waals surface area contributed by atoms with Crippen molar-refractivity contribution in [3.05, 3.63) is 18.3 Å². The molecule has 1 atom stereocenters. The summed E-state index contributed by atoms with van der Waals surface area (Å²) in [5.41, 5.74) is 0. The fraction of sp³-hybridized carbons (Fsp3) is 0.500. The summed E-state index contributed by atoms with van der Waals surface area (Å²) >= 11 is 0. The molecule has 1 aromatic rings. The number of methoxy groups -OCH3 is 1. The Hall–Kier alpha value is -1.65. The number of carbonyl (C=O) groups excluding carboxylic acids is 1. The number of anilines is 1. The highest BCUT2D eigenvalue weighted by Gasteiger charge is 2.32. The number of aromatic nitrogens is 2. The Morgan fingerprint density at radius 3 is 3.20 bits per heavy atom. The van der Waals surface area contributed by atoms with Gasteiger partial charge in [0.1, 0.15) is 6.04 Å². The van der Waals surface area contributed by atoms with E-state index in [1.807, 2.05) is 17.0 Å². The topological polar surface area (TPSA) is 55.3 Å². The molecule has 0 aliphatic carbocycles. The van der Waals surface area contributed by atoms with E-state index in [1.54, 1.807) is 6.20 Å². The van der Waals surface area contributed by atoms with Crippen LogP contribution in [-0.2, 0) is 9.53 Å².